The quantitative estimate of drug-likeness (QED) is 0.814. The summed E-state index contributed by atoms with van der Waals surface area (Å²) in [6, 6.07) is 8.23. The Morgan fingerprint density at radius 2 is 1.91 bits per heavy atom. The molecule has 22 heavy (non-hydrogen) atoms. The zero-order valence-corrected chi connectivity index (χ0v) is 13.3. The Morgan fingerprint density at radius 1 is 1.18 bits per heavy atom. The SMILES string of the molecule is CN(C)C1CCCCC1C(=O)c1ccc(-n2ccnc2)cc1. The van der Waals surface area contributed by atoms with Gasteiger partial charge in [0.2, 0.25) is 0 Å². The van der Waals surface area contributed by atoms with E-state index >= 15 is 0 Å². The van der Waals surface area contributed by atoms with Crippen molar-refractivity contribution >= 4 is 5.78 Å². The molecule has 0 aliphatic heterocycles. The predicted octanol–water partition coefficient (Wildman–Crippen LogP) is 3.18. The first-order valence-electron chi connectivity index (χ1n) is 7.96. The number of hydrogen-bond acceptors (Lipinski definition) is 3. The highest BCUT2D eigenvalue weighted by atomic mass is 16.1. The summed E-state index contributed by atoms with van der Waals surface area (Å²) in [6.45, 7) is 0. The van der Waals surface area contributed by atoms with Crippen molar-refractivity contribution < 1.29 is 4.79 Å². The van der Waals surface area contributed by atoms with E-state index in [1.165, 1.54) is 6.42 Å². The van der Waals surface area contributed by atoms with Gasteiger partial charge in [0.1, 0.15) is 0 Å². The van der Waals surface area contributed by atoms with E-state index in [-0.39, 0.29) is 11.7 Å². The van der Waals surface area contributed by atoms with Gasteiger partial charge in [0.05, 0.1) is 6.33 Å². The molecule has 1 aliphatic carbocycles. The zero-order valence-electron chi connectivity index (χ0n) is 13.3. The highest BCUT2D eigenvalue weighted by Crippen LogP contribution is 2.30. The lowest BCUT2D eigenvalue weighted by atomic mass is 9.79. The van der Waals surface area contributed by atoms with Crippen LogP contribution in [0.25, 0.3) is 5.69 Å². The van der Waals surface area contributed by atoms with E-state index in [1.54, 1.807) is 12.5 Å². The summed E-state index contributed by atoms with van der Waals surface area (Å²) < 4.78 is 1.94. The van der Waals surface area contributed by atoms with Crippen LogP contribution >= 0.6 is 0 Å². The third-order valence-electron chi connectivity index (χ3n) is 4.68. The molecule has 2 aromatic rings. The van der Waals surface area contributed by atoms with Crippen LogP contribution in [-0.4, -0.2) is 40.4 Å². The first-order chi connectivity index (χ1) is 10.7. The molecule has 0 spiro atoms. The van der Waals surface area contributed by atoms with Crippen LogP contribution in [0.1, 0.15) is 36.0 Å². The number of benzene rings is 1. The van der Waals surface area contributed by atoms with E-state index in [0.717, 1.165) is 30.5 Å². The highest BCUT2D eigenvalue weighted by Gasteiger charge is 2.32. The fourth-order valence-corrected chi connectivity index (χ4v) is 3.46. The lowest BCUT2D eigenvalue weighted by molar-refractivity contribution is 0.0764. The fourth-order valence-electron chi connectivity index (χ4n) is 3.46. The van der Waals surface area contributed by atoms with Crippen LogP contribution in [0, 0.1) is 5.92 Å². The third-order valence-corrected chi connectivity index (χ3v) is 4.68. The standard InChI is InChI=1S/C18H23N3O/c1-20(2)17-6-4-3-5-16(17)18(22)14-7-9-15(10-8-14)21-12-11-19-13-21/h7-13,16-17H,3-6H2,1-2H3. The minimum atomic E-state index is 0.128. The van der Waals surface area contributed by atoms with Crippen molar-refractivity contribution in [1.82, 2.24) is 14.5 Å². The molecule has 2 unspecified atom stereocenters. The van der Waals surface area contributed by atoms with E-state index in [2.05, 4.69) is 24.0 Å². The molecule has 1 fully saturated rings. The van der Waals surface area contributed by atoms with Crippen molar-refractivity contribution in [3.05, 3.63) is 48.5 Å². The average Bonchev–Trinajstić information content (AvgIpc) is 3.09. The molecule has 1 saturated carbocycles. The van der Waals surface area contributed by atoms with Crippen LogP contribution < -0.4 is 0 Å². The van der Waals surface area contributed by atoms with Crippen LogP contribution in [0.15, 0.2) is 43.0 Å². The van der Waals surface area contributed by atoms with Crippen molar-refractivity contribution in [1.29, 1.82) is 0 Å². The summed E-state index contributed by atoms with van der Waals surface area (Å²) in [6.07, 6.45) is 9.93. The van der Waals surface area contributed by atoms with Gasteiger partial charge in [0.25, 0.3) is 0 Å². The van der Waals surface area contributed by atoms with Crippen molar-refractivity contribution in [3.8, 4) is 5.69 Å². The van der Waals surface area contributed by atoms with E-state index in [1.807, 2.05) is 35.0 Å². The second-order valence-corrected chi connectivity index (χ2v) is 6.30. The van der Waals surface area contributed by atoms with Gasteiger partial charge < -0.3 is 9.47 Å². The van der Waals surface area contributed by atoms with E-state index in [9.17, 15) is 4.79 Å². The number of nitrogens with zero attached hydrogens (tertiary/aromatic N) is 3. The smallest absolute Gasteiger partial charge is 0.167 e. The second-order valence-electron chi connectivity index (χ2n) is 6.30. The number of carbonyl (C=O) groups excluding carboxylic acids is 1. The number of hydrogen-bond donors (Lipinski definition) is 0. The first kappa shape index (κ1) is 15.0. The molecule has 0 radical (unpaired) electrons. The molecule has 0 saturated heterocycles. The number of ketones is 1. The highest BCUT2D eigenvalue weighted by molar-refractivity contribution is 5.98. The van der Waals surface area contributed by atoms with Crippen LogP contribution in [0.3, 0.4) is 0 Å². The molecular formula is C18H23N3O. The predicted molar refractivity (Wildman–Crippen MR) is 87.3 cm³/mol. The van der Waals surface area contributed by atoms with Gasteiger partial charge in [-0.25, -0.2) is 4.98 Å². The van der Waals surface area contributed by atoms with Crippen LogP contribution in [0.4, 0.5) is 0 Å². The van der Waals surface area contributed by atoms with Crippen molar-refractivity contribution in [2.75, 3.05) is 14.1 Å². The molecule has 1 aliphatic rings. The topological polar surface area (TPSA) is 38.1 Å². The monoisotopic (exact) mass is 297 g/mol. The summed E-state index contributed by atoms with van der Waals surface area (Å²) in [4.78, 5) is 19.1. The molecule has 1 heterocycles. The summed E-state index contributed by atoms with van der Waals surface area (Å²) in [5, 5.41) is 0. The van der Waals surface area contributed by atoms with Gasteiger partial charge >= 0.3 is 0 Å². The summed E-state index contributed by atoms with van der Waals surface area (Å²) in [5.41, 5.74) is 1.85. The number of aromatic nitrogens is 2. The summed E-state index contributed by atoms with van der Waals surface area (Å²) >= 11 is 0. The van der Waals surface area contributed by atoms with E-state index in [4.69, 9.17) is 0 Å². The van der Waals surface area contributed by atoms with Crippen LogP contribution in [0.2, 0.25) is 0 Å². The Morgan fingerprint density at radius 3 is 2.55 bits per heavy atom. The lowest BCUT2D eigenvalue weighted by Crippen LogP contribution is -2.41. The molecule has 1 aromatic carbocycles. The molecule has 4 heteroatoms. The molecule has 3 rings (SSSR count). The molecule has 0 amide bonds. The Kier molecular flexibility index (Phi) is 4.39. The first-order valence-corrected chi connectivity index (χ1v) is 7.96. The van der Waals surface area contributed by atoms with Gasteiger partial charge in [-0.05, 0) is 51.2 Å². The van der Waals surface area contributed by atoms with Crippen molar-refractivity contribution in [2.24, 2.45) is 5.92 Å². The Hall–Kier alpha value is -1.94. The molecule has 0 bridgehead atoms. The maximum absolute atomic E-state index is 12.9. The molecule has 4 nitrogen and oxygen atoms in total. The van der Waals surface area contributed by atoms with Crippen LogP contribution in [0.5, 0.6) is 0 Å². The van der Waals surface area contributed by atoms with Crippen molar-refractivity contribution in [3.63, 3.8) is 0 Å². The molecular weight excluding hydrogens is 274 g/mol. The average molecular weight is 297 g/mol. The van der Waals surface area contributed by atoms with Gasteiger partial charge in [-0.3, -0.25) is 4.79 Å². The summed E-state index contributed by atoms with van der Waals surface area (Å²) in [5.74, 6) is 0.415. The maximum atomic E-state index is 12.9. The molecule has 116 valence electrons. The lowest BCUT2D eigenvalue weighted by Gasteiger charge is -2.35. The minimum Gasteiger partial charge on any atom is -0.306 e. The number of Topliss-reactive ketones (excluding diaryl/α,β-unsaturated/α-hetero) is 1. The fraction of sp³-hybridized carbons (Fsp3) is 0.444. The largest absolute Gasteiger partial charge is 0.306 e. The molecule has 1 aromatic heterocycles. The molecule has 0 N–H and O–H groups in total. The zero-order chi connectivity index (χ0) is 15.5. The number of imidazole rings is 1. The Bertz CT molecular complexity index is 616. The van der Waals surface area contributed by atoms with Crippen molar-refractivity contribution in [2.45, 2.75) is 31.7 Å². The van der Waals surface area contributed by atoms with E-state index in [0.29, 0.717) is 6.04 Å². The maximum Gasteiger partial charge on any atom is 0.167 e. The minimum absolute atomic E-state index is 0.128. The van der Waals surface area contributed by atoms with Gasteiger partial charge in [-0.15, -0.1) is 0 Å². The molecule has 2 atom stereocenters. The summed E-state index contributed by atoms with van der Waals surface area (Å²) in [7, 11) is 4.16. The van der Waals surface area contributed by atoms with E-state index < -0.39 is 0 Å². The van der Waals surface area contributed by atoms with Gasteiger partial charge in [0.15, 0.2) is 5.78 Å². The van der Waals surface area contributed by atoms with Gasteiger partial charge in [-0.2, -0.15) is 0 Å². The Balaban J connectivity index is 1.79. The number of rotatable bonds is 4. The number of carbonyl (C=O) groups is 1. The van der Waals surface area contributed by atoms with Gasteiger partial charge in [-0.1, -0.05) is 12.8 Å². The normalized spacial score (nSPS) is 22.0. The third kappa shape index (κ3) is 2.97. The van der Waals surface area contributed by atoms with Crippen LogP contribution in [-0.2, 0) is 0 Å². The van der Waals surface area contributed by atoms with Gasteiger partial charge in [0, 0.05) is 35.6 Å². The Labute approximate surface area is 131 Å². The second kappa shape index (κ2) is 6.44.